The van der Waals surface area contributed by atoms with Gasteiger partial charge in [0.25, 0.3) is 0 Å². The fourth-order valence-corrected chi connectivity index (χ4v) is 2.80. The van der Waals surface area contributed by atoms with Crippen LogP contribution in [0, 0.1) is 41.1 Å². The molecule has 4 heteroatoms. The minimum Gasteiger partial charge on any atom is -0.206 e. The van der Waals surface area contributed by atoms with Crippen LogP contribution in [0.3, 0.4) is 0 Å². The van der Waals surface area contributed by atoms with Crippen molar-refractivity contribution in [1.82, 2.24) is 0 Å². The summed E-state index contributed by atoms with van der Waals surface area (Å²) in [6, 6.07) is 17.8. The van der Waals surface area contributed by atoms with E-state index in [0.29, 0.717) is 17.3 Å². The van der Waals surface area contributed by atoms with Crippen LogP contribution in [0.1, 0.15) is 16.7 Å². The number of rotatable bonds is 2. The summed E-state index contributed by atoms with van der Waals surface area (Å²) in [5.41, 5.74) is 4.03. The van der Waals surface area contributed by atoms with E-state index >= 15 is 0 Å². The molecule has 0 bridgehead atoms. The van der Waals surface area contributed by atoms with Crippen LogP contribution in [0.2, 0.25) is 0 Å². The molecule has 3 aromatic rings. The van der Waals surface area contributed by atoms with E-state index in [4.69, 9.17) is 5.26 Å². The number of aryl methyl sites for hydroxylation is 1. The van der Waals surface area contributed by atoms with E-state index in [1.54, 1.807) is 5.40 Å². The minimum atomic E-state index is -0.656. The van der Waals surface area contributed by atoms with Crippen LogP contribution in [0.25, 0.3) is 11.1 Å². The lowest BCUT2D eigenvalue weighted by Gasteiger charge is -2.02. The number of benzene rings is 3. The first-order chi connectivity index (χ1) is 12.6. The van der Waals surface area contributed by atoms with Crippen molar-refractivity contribution < 1.29 is 8.78 Å². The summed E-state index contributed by atoms with van der Waals surface area (Å²) in [4.78, 5) is -0.0435. The number of hydrogen-bond donors (Lipinski definition) is 0. The first kappa shape index (κ1) is 17.7. The van der Waals surface area contributed by atoms with Crippen molar-refractivity contribution in [3.8, 4) is 28.4 Å². The van der Waals surface area contributed by atoms with E-state index in [1.165, 1.54) is 5.56 Å². The predicted octanol–water partition coefficient (Wildman–Crippen LogP) is 5.91. The maximum absolute atomic E-state index is 14.0. The Kier molecular flexibility index (Phi) is 5.37. The van der Waals surface area contributed by atoms with Gasteiger partial charge in [0.2, 0.25) is 0 Å². The van der Waals surface area contributed by atoms with Gasteiger partial charge in [0.05, 0.1) is 10.5 Å². The van der Waals surface area contributed by atoms with Crippen LogP contribution in [0.5, 0.6) is 0 Å². The monoisotopic (exact) mass is 361 g/mol. The highest BCUT2D eigenvalue weighted by atomic mass is 32.2. The Hall–Kier alpha value is -3.08. The Labute approximate surface area is 155 Å². The second-order valence-electron chi connectivity index (χ2n) is 5.65. The van der Waals surface area contributed by atoms with Crippen molar-refractivity contribution in [1.29, 1.82) is 5.26 Å². The summed E-state index contributed by atoms with van der Waals surface area (Å²) >= 11 is 0.582. The van der Waals surface area contributed by atoms with Gasteiger partial charge in [0.1, 0.15) is 17.0 Å². The molecule has 0 saturated heterocycles. The van der Waals surface area contributed by atoms with E-state index in [2.05, 4.69) is 36.1 Å². The minimum absolute atomic E-state index is 0.0348. The first-order valence-corrected chi connectivity index (χ1v) is 8.62. The molecule has 0 heterocycles. The first-order valence-electron chi connectivity index (χ1n) is 7.81. The molecular formula is C22H13F2NS. The fraction of sp³-hybridized carbons (Fsp3) is 0.0455. The second-order valence-corrected chi connectivity index (χ2v) is 6.48. The molecule has 0 fully saturated rings. The number of thiocyanates is 1. The summed E-state index contributed by atoms with van der Waals surface area (Å²) in [5, 5.41) is 10.3. The smallest absolute Gasteiger partial charge is 0.140 e. The van der Waals surface area contributed by atoms with Crippen LogP contribution in [0.4, 0.5) is 8.78 Å². The van der Waals surface area contributed by atoms with Gasteiger partial charge in [-0.2, -0.15) is 5.26 Å². The number of nitrogens with zero attached hydrogens (tertiary/aromatic N) is 1. The van der Waals surface area contributed by atoms with Crippen LogP contribution in [-0.4, -0.2) is 0 Å². The Bertz CT molecular complexity index is 1040. The van der Waals surface area contributed by atoms with Crippen LogP contribution < -0.4 is 0 Å². The molecule has 0 aliphatic heterocycles. The second kappa shape index (κ2) is 7.87. The van der Waals surface area contributed by atoms with Gasteiger partial charge >= 0.3 is 0 Å². The standard InChI is InChI=1S/C22H13F2NS/c1-15-2-7-17(8-3-15)18-9-4-16(5-10-18)6-11-19-12-21(24)22(26-14-25)13-20(19)23/h2-5,7-10,12-13H,1H3. The highest BCUT2D eigenvalue weighted by Gasteiger charge is 2.09. The molecule has 0 aliphatic carbocycles. The lowest BCUT2D eigenvalue weighted by Crippen LogP contribution is -1.89. The third-order valence-corrected chi connectivity index (χ3v) is 4.41. The molecule has 1 nitrogen and oxygen atoms in total. The van der Waals surface area contributed by atoms with Gasteiger partial charge in [-0.25, -0.2) is 8.78 Å². The maximum Gasteiger partial charge on any atom is 0.140 e. The number of halogens is 2. The molecule has 0 atom stereocenters. The van der Waals surface area contributed by atoms with Crippen LogP contribution in [0.15, 0.2) is 65.6 Å². The molecular weight excluding hydrogens is 348 g/mol. The van der Waals surface area contributed by atoms with Crippen LogP contribution >= 0.6 is 11.8 Å². The maximum atomic E-state index is 14.0. The summed E-state index contributed by atoms with van der Waals surface area (Å²) < 4.78 is 27.8. The molecule has 0 spiro atoms. The molecule has 26 heavy (non-hydrogen) atoms. The number of hydrogen-bond acceptors (Lipinski definition) is 2. The van der Waals surface area contributed by atoms with Gasteiger partial charge in [0.15, 0.2) is 0 Å². The average Bonchev–Trinajstić information content (AvgIpc) is 2.65. The zero-order valence-corrected chi connectivity index (χ0v) is 14.7. The summed E-state index contributed by atoms with van der Waals surface area (Å²) in [6.45, 7) is 2.04. The topological polar surface area (TPSA) is 23.8 Å². The highest BCUT2D eigenvalue weighted by Crippen LogP contribution is 2.24. The molecule has 0 aliphatic rings. The molecule has 0 amide bonds. The molecule has 3 aromatic carbocycles. The van der Waals surface area contributed by atoms with Gasteiger partial charge in [-0.3, -0.25) is 0 Å². The molecule has 0 N–H and O–H groups in total. The Morgan fingerprint density at radius 2 is 1.42 bits per heavy atom. The summed E-state index contributed by atoms with van der Waals surface area (Å²) in [7, 11) is 0. The Morgan fingerprint density at radius 3 is 2.04 bits per heavy atom. The Morgan fingerprint density at radius 1 is 0.808 bits per heavy atom. The molecule has 126 valence electrons. The van der Waals surface area contributed by atoms with E-state index in [-0.39, 0.29) is 10.5 Å². The van der Waals surface area contributed by atoms with Crippen molar-refractivity contribution in [2.75, 3.05) is 0 Å². The summed E-state index contributed by atoms with van der Waals surface area (Å²) in [6.07, 6.45) is 0. The quantitative estimate of drug-likeness (QED) is 0.322. The van der Waals surface area contributed by atoms with E-state index < -0.39 is 11.6 Å². The predicted molar refractivity (Wildman–Crippen MR) is 100 cm³/mol. The van der Waals surface area contributed by atoms with Gasteiger partial charge < -0.3 is 0 Å². The lowest BCUT2D eigenvalue weighted by atomic mass is 10.0. The van der Waals surface area contributed by atoms with E-state index in [0.717, 1.165) is 23.3 Å². The number of nitriles is 1. The van der Waals surface area contributed by atoms with E-state index in [9.17, 15) is 8.78 Å². The van der Waals surface area contributed by atoms with Crippen molar-refractivity contribution in [3.05, 3.63) is 89.0 Å². The molecule has 0 radical (unpaired) electrons. The fourth-order valence-electron chi connectivity index (χ4n) is 2.38. The zero-order chi connectivity index (χ0) is 18.5. The molecule has 0 aromatic heterocycles. The van der Waals surface area contributed by atoms with Crippen molar-refractivity contribution in [3.63, 3.8) is 0 Å². The highest BCUT2D eigenvalue weighted by molar-refractivity contribution is 8.03. The third-order valence-electron chi connectivity index (χ3n) is 3.79. The van der Waals surface area contributed by atoms with E-state index in [1.807, 2.05) is 31.2 Å². The molecule has 3 rings (SSSR count). The lowest BCUT2D eigenvalue weighted by molar-refractivity contribution is 0.575. The van der Waals surface area contributed by atoms with Crippen molar-refractivity contribution >= 4 is 11.8 Å². The SMILES string of the molecule is Cc1ccc(-c2ccc(C#Cc3cc(F)c(SC#N)cc3F)cc2)cc1. The van der Waals surface area contributed by atoms with Crippen molar-refractivity contribution in [2.24, 2.45) is 0 Å². The third kappa shape index (κ3) is 4.11. The van der Waals surface area contributed by atoms with Gasteiger partial charge in [-0.15, -0.1) is 0 Å². The largest absolute Gasteiger partial charge is 0.206 e. The number of thioether (sulfide) groups is 1. The van der Waals surface area contributed by atoms with Crippen LogP contribution in [-0.2, 0) is 0 Å². The van der Waals surface area contributed by atoms with Crippen molar-refractivity contribution in [2.45, 2.75) is 11.8 Å². The van der Waals surface area contributed by atoms with Gasteiger partial charge in [-0.1, -0.05) is 53.8 Å². The summed E-state index contributed by atoms with van der Waals surface area (Å²) in [5.74, 6) is 4.19. The molecule has 0 unspecified atom stereocenters. The zero-order valence-electron chi connectivity index (χ0n) is 13.9. The average molecular weight is 361 g/mol. The Balaban J connectivity index is 1.83. The van der Waals surface area contributed by atoms with Gasteiger partial charge in [0, 0.05) is 5.56 Å². The van der Waals surface area contributed by atoms with Gasteiger partial charge in [-0.05, 0) is 54.1 Å². The molecule has 0 saturated carbocycles. The normalized spacial score (nSPS) is 9.92.